The van der Waals surface area contributed by atoms with Crippen molar-refractivity contribution in [2.45, 2.75) is 10.8 Å². The van der Waals surface area contributed by atoms with Crippen LogP contribution in [0.25, 0.3) is 0 Å². The fraction of sp³-hybridized carbons (Fsp3) is 0.0769. The molecule has 0 aliphatic carbocycles. The maximum Gasteiger partial charge on any atom is 0.265 e. The molecule has 7 heteroatoms. The summed E-state index contributed by atoms with van der Waals surface area (Å²) in [5, 5.41) is 1.41. The Morgan fingerprint density at radius 1 is 1.45 bits per heavy atom. The smallest absolute Gasteiger partial charge is 0.265 e. The van der Waals surface area contributed by atoms with E-state index < -0.39 is 0 Å². The summed E-state index contributed by atoms with van der Waals surface area (Å²) in [5.41, 5.74) is 3.65. The molecule has 0 aliphatic rings. The number of hydrazine groups is 1. The highest BCUT2D eigenvalue weighted by Gasteiger charge is 2.09. The predicted molar refractivity (Wildman–Crippen MR) is 84.6 cm³/mol. The van der Waals surface area contributed by atoms with E-state index in [2.05, 4.69) is 26.3 Å². The van der Waals surface area contributed by atoms with Crippen molar-refractivity contribution in [1.29, 1.82) is 0 Å². The molecular weight excluding hydrogens is 362 g/mol. The van der Waals surface area contributed by atoms with Crippen molar-refractivity contribution in [3.63, 3.8) is 0 Å². The number of hydrogen-bond acceptors (Lipinski definition) is 4. The molecule has 0 radical (unpaired) electrons. The number of pyridine rings is 1. The van der Waals surface area contributed by atoms with Crippen molar-refractivity contribution >= 4 is 45.2 Å². The molecule has 0 atom stereocenters. The van der Waals surface area contributed by atoms with Crippen molar-refractivity contribution in [3.05, 3.63) is 57.2 Å². The van der Waals surface area contributed by atoms with Crippen molar-refractivity contribution in [3.8, 4) is 0 Å². The lowest BCUT2D eigenvalue weighted by Gasteiger charge is -2.07. The molecule has 0 saturated carbocycles. The molecule has 1 amide bonds. The standard InChI is InChI=1S/C13H11BrClN3OS/c14-10-6-8(12(19)18-16)3-4-9(10)7-20-13-11(15)2-1-5-17-13/h1-6H,7,16H2,(H,18,19). The lowest BCUT2D eigenvalue weighted by molar-refractivity contribution is 0.0953. The van der Waals surface area contributed by atoms with Gasteiger partial charge in [-0.2, -0.15) is 0 Å². The molecule has 0 unspecified atom stereocenters. The third-order valence-electron chi connectivity index (χ3n) is 2.54. The van der Waals surface area contributed by atoms with Gasteiger partial charge in [0, 0.05) is 22.0 Å². The number of nitrogens with two attached hydrogens (primary N) is 1. The summed E-state index contributed by atoms with van der Waals surface area (Å²) in [6, 6.07) is 8.93. The minimum Gasteiger partial charge on any atom is -0.290 e. The van der Waals surface area contributed by atoms with E-state index in [1.54, 1.807) is 30.5 Å². The monoisotopic (exact) mass is 371 g/mol. The molecule has 2 rings (SSSR count). The zero-order valence-electron chi connectivity index (χ0n) is 10.3. The number of carbonyl (C=O) groups excluding carboxylic acids is 1. The van der Waals surface area contributed by atoms with Crippen molar-refractivity contribution < 1.29 is 4.79 Å². The van der Waals surface area contributed by atoms with Crippen molar-refractivity contribution in [1.82, 2.24) is 10.4 Å². The van der Waals surface area contributed by atoms with Gasteiger partial charge < -0.3 is 0 Å². The fourth-order valence-electron chi connectivity index (χ4n) is 1.51. The molecule has 1 heterocycles. The van der Waals surface area contributed by atoms with Gasteiger partial charge in [0.05, 0.1) is 5.02 Å². The van der Waals surface area contributed by atoms with Gasteiger partial charge in [-0.1, -0.05) is 33.6 Å². The largest absolute Gasteiger partial charge is 0.290 e. The molecule has 2 aromatic rings. The Balaban J connectivity index is 2.11. The Bertz CT molecular complexity index is 639. The third kappa shape index (κ3) is 3.73. The van der Waals surface area contributed by atoms with Gasteiger partial charge in [0.1, 0.15) is 5.03 Å². The number of aromatic nitrogens is 1. The lowest BCUT2D eigenvalue weighted by Crippen LogP contribution is -2.29. The summed E-state index contributed by atoms with van der Waals surface area (Å²) in [6.45, 7) is 0. The fourth-order valence-corrected chi connectivity index (χ4v) is 3.39. The minimum absolute atomic E-state index is 0.322. The van der Waals surface area contributed by atoms with Crippen LogP contribution < -0.4 is 11.3 Å². The van der Waals surface area contributed by atoms with E-state index >= 15 is 0 Å². The Labute approximate surface area is 134 Å². The second-order valence-electron chi connectivity index (χ2n) is 3.86. The normalized spacial score (nSPS) is 10.3. The van der Waals surface area contributed by atoms with Gasteiger partial charge >= 0.3 is 0 Å². The molecular formula is C13H11BrClN3OS. The maximum atomic E-state index is 11.4. The number of carbonyl (C=O) groups is 1. The summed E-state index contributed by atoms with van der Waals surface area (Å²) >= 11 is 11.0. The molecule has 0 fully saturated rings. The highest BCUT2D eigenvalue weighted by atomic mass is 79.9. The lowest BCUT2D eigenvalue weighted by atomic mass is 10.1. The van der Waals surface area contributed by atoms with Crippen LogP contribution in [0.3, 0.4) is 0 Å². The van der Waals surface area contributed by atoms with Gasteiger partial charge in [0.15, 0.2) is 0 Å². The van der Waals surface area contributed by atoms with E-state index in [-0.39, 0.29) is 5.91 Å². The first-order valence-electron chi connectivity index (χ1n) is 5.64. The summed E-state index contributed by atoms with van der Waals surface area (Å²) < 4.78 is 0.846. The number of rotatable bonds is 4. The van der Waals surface area contributed by atoms with Gasteiger partial charge in [0.25, 0.3) is 5.91 Å². The SMILES string of the molecule is NNC(=O)c1ccc(CSc2ncccc2Cl)c(Br)c1. The summed E-state index contributed by atoms with van der Waals surface area (Å²) in [7, 11) is 0. The number of hydrogen-bond donors (Lipinski definition) is 2. The molecule has 0 spiro atoms. The molecule has 0 bridgehead atoms. The number of nitrogen functional groups attached to an aromatic ring is 1. The van der Waals surface area contributed by atoms with E-state index in [1.807, 2.05) is 6.07 Å². The molecule has 4 nitrogen and oxygen atoms in total. The van der Waals surface area contributed by atoms with Gasteiger partial charge in [-0.05, 0) is 29.8 Å². The molecule has 3 N–H and O–H groups in total. The minimum atomic E-state index is -0.322. The molecule has 1 aromatic heterocycles. The van der Waals surface area contributed by atoms with Crippen LogP contribution >= 0.6 is 39.3 Å². The van der Waals surface area contributed by atoms with Crippen LogP contribution in [0.2, 0.25) is 5.02 Å². The summed E-state index contributed by atoms with van der Waals surface area (Å²) in [4.78, 5) is 15.6. The Morgan fingerprint density at radius 3 is 2.90 bits per heavy atom. The number of amides is 1. The van der Waals surface area contributed by atoms with Gasteiger partial charge in [0.2, 0.25) is 0 Å². The average molecular weight is 373 g/mol. The van der Waals surface area contributed by atoms with Crippen molar-refractivity contribution in [2.24, 2.45) is 5.84 Å². The first-order chi connectivity index (χ1) is 9.61. The van der Waals surface area contributed by atoms with Crippen LogP contribution in [0, 0.1) is 0 Å². The zero-order chi connectivity index (χ0) is 14.5. The summed E-state index contributed by atoms with van der Waals surface area (Å²) in [5.74, 6) is 5.48. The van der Waals surface area contributed by atoms with Crippen LogP contribution in [-0.2, 0) is 5.75 Å². The highest BCUT2D eigenvalue weighted by Crippen LogP contribution is 2.30. The topological polar surface area (TPSA) is 68.0 Å². The molecule has 1 aromatic carbocycles. The quantitative estimate of drug-likeness (QED) is 0.373. The Kier molecular flexibility index (Phi) is 5.42. The van der Waals surface area contributed by atoms with Crippen LogP contribution in [0.15, 0.2) is 46.0 Å². The van der Waals surface area contributed by atoms with E-state index in [9.17, 15) is 4.79 Å². The van der Waals surface area contributed by atoms with Crippen LogP contribution in [0.5, 0.6) is 0 Å². The van der Waals surface area contributed by atoms with Crippen LogP contribution in [0.1, 0.15) is 15.9 Å². The van der Waals surface area contributed by atoms with Crippen LogP contribution in [0.4, 0.5) is 0 Å². The number of nitrogens with zero attached hydrogens (tertiary/aromatic N) is 1. The molecule has 104 valence electrons. The number of thioether (sulfide) groups is 1. The Morgan fingerprint density at radius 2 is 2.25 bits per heavy atom. The first-order valence-corrected chi connectivity index (χ1v) is 7.80. The number of nitrogens with one attached hydrogen (secondary N) is 1. The second kappa shape index (κ2) is 7.08. The molecule has 0 aliphatic heterocycles. The second-order valence-corrected chi connectivity index (χ2v) is 6.08. The molecule has 20 heavy (non-hydrogen) atoms. The van der Waals surface area contributed by atoms with Gasteiger partial charge in [-0.3, -0.25) is 10.2 Å². The van der Waals surface area contributed by atoms with E-state index in [0.717, 1.165) is 15.1 Å². The molecule has 0 saturated heterocycles. The zero-order valence-corrected chi connectivity index (χ0v) is 13.4. The van der Waals surface area contributed by atoms with Crippen molar-refractivity contribution in [2.75, 3.05) is 0 Å². The van der Waals surface area contributed by atoms with Gasteiger partial charge in [-0.15, -0.1) is 11.8 Å². The first kappa shape index (κ1) is 15.3. The maximum absolute atomic E-state index is 11.4. The summed E-state index contributed by atoms with van der Waals surface area (Å²) in [6.07, 6.45) is 1.71. The highest BCUT2D eigenvalue weighted by molar-refractivity contribution is 9.10. The van der Waals surface area contributed by atoms with Gasteiger partial charge in [-0.25, -0.2) is 10.8 Å². The van der Waals surface area contributed by atoms with Crippen LogP contribution in [-0.4, -0.2) is 10.9 Å². The van der Waals surface area contributed by atoms with E-state index in [0.29, 0.717) is 16.3 Å². The Hall–Kier alpha value is -1.08. The number of benzene rings is 1. The van der Waals surface area contributed by atoms with E-state index in [4.69, 9.17) is 17.4 Å². The van der Waals surface area contributed by atoms with E-state index in [1.165, 1.54) is 11.8 Å². The average Bonchev–Trinajstić information content (AvgIpc) is 2.46. The number of halogens is 2. The predicted octanol–water partition coefficient (Wildman–Crippen LogP) is 3.39. The third-order valence-corrected chi connectivity index (χ3v) is 4.74.